The minimum Gasteiger partial charge on any atom is -0.467 e. The van der Waals surface area contributed by atoms with Crippen molar-refractivity contribution in [1.29, 1.82) is 0 Å². The molecule has 1 atom stereocenters. The van der Waals surface area contributed by atoms with Gasteiger partial charge in [0, 0.05) is 17.3 Å². The van der Waals surface area contributed by atoms with Gasteiger partial charge < -0.3 is 10.1 Å². The summed E-state index contributed by atoms with van der Waals surface area (Å²) in [6.07, 6.45) is 1.68. The van der Waals surface area contributed by atoms with Crippen LogP contribution in [0.5, 0.6) is 0 Å². The van der Waals surface area contributed by atoms with Gasteiger partial charge >= 0.3 is 5.97 Å². The Hall–Kier alpha value is -1.88. The maximum atomic E-state index is 12.1. The van der Waals surface area contributed by atoms with Crippen molar-refractivity contribution in [2.24, 2.45) is 0 Å². The van der Waals surface area contributed by atoms with Crippen LogP contribution in [-0.4, -0.2) is 18.1 Å². The molecule has 19 heavy (non-hydrogen) atoms. The number of anilines is 1. The molecule has 1 aromatic heterocycles. The van der Waals surface area contributed by atoms with Crippen LogP contribution in [0.1, 0.15) is 17.5 Å². The van der Waals surface area contributed by atoms with Crippen LogP contribution in [0.15, 0.2) is 35.8 Å². The van der Waals surface area contributed by atoms with E-state index in [0.29, 0.717) is 5.01 Å². The molecule has 0 saturated carbocycles. The standard InChI is InChI=1S/C14H16N2O2S/c1-10-4-6-11(7-5-10)16-14(2,13(17)18-3)12-15-8-9-19-12/h4-9,16H,1-3H3. The van der Waals surface area contributed by atoms with E-state index in [2.05, 4.69) is 10.3 Å². The van der Waals surface area contributed by atoms with E-state index in [1.165, 1.54) is 24.0 Å². The second-order valence-corrected chi connectivity index (χ2v) is 5.34. The van der Waals surface area contributed by atoms with Crippen LogP contribution < -0.4 is 5.32 Å². The van der Waals surface area contributed by atoms with Crippen LogP contribution >= 0.6 is 11.3 Å². The topological polar surface area (TPSA) is 51.2 Å². The van der Waals surface area contributed by atoms with Crippen LogP contribution in [0.4, 0.5) is 5.69 Å². The van der Waals surface area contributed by atoms with Crippen molar-refractivity contribution in [1.82, 2.24) is 4.98 Å². The maximum Gasteiger partial charge on any atom is 0.338 e. The Bertz CT molecular complexity index is 551. The highest BCUT2D eigenvalue weighted by atomic mass is 32.1. The van der Waals surface area contributed by atoms with E-state index < -0.39 is 5.54 Å². The molecule has 0 aliphatic heterocycles. The summed E-state index contributed by atoms with van der Waals surface area (Å²) in [7, 11) is 1.38. The van der Waals surface area contributed by atoms with Crippen LogP contribution in [-0.2, 0) is 15.1 Å². The number of hydrogen-bond acceptors (Lipinski definition) is 5. The number of nitrogens with one attached hydrogen (secondary N) is 1. The number of esters is 1. The molecule has 1 aromatic carbocycles. The lowest BCUT2D eigenvalue weighted by atomic mass is 10.0. The first-order valence-corrected chi connectivity index (χ1v) is 6.77. The summed E-state index contributed by atoms with van der Waals surface area (Å²) in [5.74, 6) is -0.358. The Morgan fingerprint density at radius 3 is 2.58 bits per heavy atom. The second kappa shape index (κ2) is 5.40. The van der Waals surface area contributed by atoms with Gasteiger partial charge in [-0.05, 0) is 26.0 Å². The van der Waals surface area contributed by atoms with Crippen LogP contribution in [0.25, 0.3) is 0 Å². The van der Waals surface area contributed by atoms with Gasteiger partial charge in [0.1, 0.15) is 5.01 Å². The zero-order valence-corrected chi connectivity index (χ0v) is 12.0. The SMILES string of the molecule is COC(=O)C(C)(Nc1ccc(C)cc1)c1nccs1. The molecular formula is C14H16N2O2S. The van der Waals surface area contributed by atoms with Gasteiger partial charge in [-0.3, -0.25) is 0 Å². The molecule has 0 spiro atoms. The van der Waals surface area contributed by atoms with E-state index in [-0.39, 0.29) is 5.97 Å². The molecular weight excluding hydrogens is 260 g/mol. The summed E-state index contributed by atoms with van der Waals surface area (Å²) in [6, 6.07) is 7.85. The van der Waals surface area contributed by atoms with E-state index >= 15 is 0 Å². The first-order valence-electron chi connectivity index (χ1n) is 5.89. The predicted molar refractivity (Wildman–Crippen MR) is 76.3 cm³/mol. The number of rotatable bonds is 4. The molecule has 1 N–H and O–H groups in total. The zero-order chi connectivity index (χ0) is 13.9. The molecule has 0 radical (unpaired) electrons. The first kappa shape index (κ1) is 13.5. The molecule has 1 heterocycles. The number of aryl methyl sites for hydroxylation is 1. The van der Waals surface area contributed by atoms with Gasteiger partial charge in [-0.25, -0.2) is 9.78 Å². The summed E-state index contributed by atoms with van der Waals surface area (Å²) < 4.78 is 4.90. The van der Waals surface area contributed by atoms with Crippen LogP contribution in [0, 0.1) is 6.92 Å². The lowest BCUT2D eigenvalue weighted by Gasteiger charge is -2.26. The van der Waals surface area contributed by atoms with Crippen LogP contribution in [0.2, 0.25) is 0 Å². The lowest BCUT2D eigenvalue weighted by Crippen LogP contribution is -2.41. The van der Waals surface area contributed by atoms with Gasteiger partial charge in [0.05, 0.1) is 7.11 Å². The third-order valence-corrected chi connectivity index (χ3v) is 3.89. The third kappa shape index (κ3) is 2.76. The Kier molecular flexibility index (Phi) is 3.85. The maximum absolute atomic E-state index is 12.1. The highest BCUT2D eigenvalue weighted by molar-refractivity contribution is 7.09. The number of aromatic nitrogens is 1. The minimum absolute atomic E-state index is 0.358. The Morgan fingerprint density at radius 2 is 2.05 bits per heavy atom. The number of methoxy groups -OCH3 is 1. The fourth-order valence-corrected chi connectivity index (χ4v) is 2.53. The average Bonchev–Trinajstić information content (AvgIpc) is 2.95. The number of carbonyl (C=O) groups excluding carboxylic acids is 1. The second-order valence-electron chi connectivity index (χ2n) is 4.44. The molecule has 0 amide bonds. The van der Waals surface area contributed by atoms with Gasteiger partial charge in [-0.2, -0.15) is 0 Å². The van der Waals surface area contributed by atoms with Gasteiger partial charge in [0.25, 0.3) is 0 Å². The number of thiazole rings is 1. The van der Waals surface area contributed by atoms with Gasteiger partial charge in [-0.1, -0.05) is 17.7 Å². The van der Waals surface area contributed by atoms with Gasteiger partial charge in [0.2, 0.25) is 0 Å². The molecule has 2 aromatic rings. The molecule has 5 heteroatoms. The largest absolute Gasteiger partial charge is 0.467 e. The van der Waals surface area contributed by atoms with Crippen molar-refractivity contribution < 1.29 is 9.53 Å². The number of nitrogens with zero attached hydrogens (tertiary/aromatic N) is 1. The zero-order valence-electron chi connectivity index (χ0n) is 11.1. The third-order valence-electron chi connectivity index (χ3n) is 2.90. The van der Waals surface area contributed by atoms with Crippen molar-refractivity contribution in [2.45, 2.75) is 19.4 Å². The molecule has 0 saturated heterocycles. The smallest absolute Gasteiger partial charge is 0.338 e. The van der Waals surface area contributed by atoms with Crippen molar-refractivity contribution in [3.8, 4) is 0 Å². The van der Waals surface area contributed by atoms with Crippen molar-refractivity contribution >= 4 is 23.0 Å². The van der Waals surface area contributed by atoms with E-state index in [4.69, 9.17) is 4.74 Å². The Balaban J connectivity index is 2.34. The Morgan fingerprint density at radius 1 is 1.37 bits per heavy atom. The van der Waals surface area contributed by atoms with E-state index in [1.54, 1.807) is 13.1 Å². The van der Waals surface area contributed by atoms with Crippen molar-refractivity contribution in [3.63, 3.8) is 0 Å². The summed E-state index contributed by atoms with van der Waals surface area (Å²) in [5.41, 5.74) is 1.05. The highest BCUT2D eigenvalue weighted by Gasteiger charge is 2.39. The minimum atomic E-state index is -0.974. The molecule has 0 aliphatic carbocycles. The number of benzene rings is 1. The number of ether oxygens (including phenoxy) is 1. The lowest BCUT2D eigenvalue weighted by molar-refractivity contribution is -0.145. The Labute approximate surface area is 116 Å². The first-order chi connectivity index (χ1) is 9.06. The molecule has 2 rings (SSSR count). The van der Waals surface area contributed by atoms with E-state index in [1.807, 2.05) is 36.6 Å². The average molecular weight is 276 g/mol. The monoisotopic (exact) mass is 276 g/mol. The highest BCUT2D eigenvalue weighted by Crippen LogP contribution is 2.29. The molecule has 0 bridgehead atoms. The fourth-order valence-electron chi connectivity index (χ4n) is 1.79. The van der Waals surface area contributed by atoms with Gasteiger partial charge in [0.15, 0.2) is 5.54 Å². The summed E-state index contributed by atoms with van der Waals surface area (Å²) in [6.45, 7) is 3.79. The van der Waals surface area contributed by atoms with Crippen molar-refractivity contribution in [2.75, 3.05) is 12.4 Å². The number of hydrogen-bond donors (Lipinski definition) is 1. The predicted octanol–water partition coefficient (Wildman–Crippen LogP) is 2.95. The molecule has 100 valence electrons. The summed E-state index contributed by atoms with van der Waals surface area (Å²) in [5, 5.41) is 5.73. The van der Waals surface area contributed by atoms with Crippen molar-refractivity contribution in [3.05, 3.63) is 46.4 Å². The van der Waals surface area contributed by atoms with E-state index in [0.717, 1.165) is 5.69 Å². The molecule has 0 aliphatic rings. The molecule has 1 unspecified atom stereocenters. The van der Waals surface area contributed by atoms with Gasteiger partial charge in [-0.15, -0.1) is 11.3 Å². The summed E-state index contributed by atoms with van der Waals surface area (Å²) in [4.78, 5) is 16.3. The molecule has 0 fully saturated rings. The number of carbonyl (C=O) groups is 1. The van der Waals surface area contributed by atoms with E-state index in [9.17, 15) is 4.79 Å². The molecule has 4 nitrogen and oxygen atoms in total. The quantitative estimate of drug-likeness (QED) is 0.872. The summed E-state index contributed by atoms with van der Waals surface area (Å²) >= 11 is 1.42. The normalized spacial score (nSPS) is 13.6. The van der Waals surface area contributed by atoms with Crippen LogP contribution in [0.3, 0.4) is 0 Å². The fraction of sp³-hybridized carbons (Fsp3) is 0.286.